The first-order chi connectivity index (χ1) is 17.7. The highest BCUT2D eigenvalue weighted by molar-refractivity contribution is 9.10. The highest BCUT2D eigenvalue weighted by Crippen LogP contribution is 2.40. The Bertz CT molecular complexity index is 1590. The van der Waals surface area contributed by atoms with Crippen molar-refractivity contribution in [2.24, 2.45) is 0 Å². The maximum atomic E-state index is 16.4. The van der Waals surface area contributed by atoms with Crippen LogP contribution in [0.15, 0.2) is 71.5 Å². The van der Waals surface area contributed by atoms with Gasteiger partial charge in [0.1, 0.15) is 5.01 Å². The summed E-state index contributed by atoms with van der Waals surface area (Å²) in [6.45, 7) is -0.769. The Hall–Kier alpha value is -2.73. The molecule has 1 aliphatic heterocycles. The number of rotatable bonds is 5. The van der Waals surface area contributed by atoms with Gasteiger partial charge in [-0.2, -0.15) is 10.2 Å². The van der Waals surface area contributed by atoms with E-state index in [0.29, 0.717) is 26.5 Å². The minimum absolute atomic E-state index is 0.121. The maximum absolute atomic E-state index is 16.4. The number of amides is 1. The van der Waals surface area contributed by atoms with Gasteiger partial charge in [0.15, 0.2) is 9.84 Å². The number of carbonyl (C=O) groups is 1. The van der Waals surface area contributed by atoms with Gasteiger partial charge in [0.2, 0.25) is 0 Å². The van der Waals surface area contributed by atoms with Crippen LogP contribution in [0.2, 0.25) is 5.02 Å². The lowest BCUT2D eigenvalue weighted by Crippen LogP contribution is -2.53. The highest BCUT2D eigenvalue weighted by atomic mass is 79.9. The van der Waals surface area contributed by atoms with Crippen LogP contribution in [0.3, 0.4) is 0 Å². The fourth-order valence-corrected chi connectivity index (χ4v) is 7.41. The van der Waals surface area contributed by atoms with Gasteiger partial charge in [-0.3, -0.25) is 4.79 Å². The lowest BCUT2D eigenvalue weighted by Gasteiger charge is -2.35. The zero-order chi connectivity index (χ0) is 26.2. The molecule has 4 aromatic rings. The van der Waals surface area contributed by atoms with E-state index in [9.17, 15) is 13.2 Å². The van der Waals surface area contributed by atoms with Crippen LogP contribution in [0, 0.1) is 0 Å². The van der Waals surface area contributed by atoms with Crippen LogP contribution >= 0.6 is 38.9 Å². The number of hydrogen-bond acceptors (Lipinski definition) is 7. The second-order valence-corrected chi connectivity index (χ2v) is 13.1. The first kappa shape index (κ1) is 25.9. The summed E-state index contributed by atoms with van der Waals surface area (Å²) in [4.78, 5) is 19.1. The SMILES string of the molecule is O=C(c1ccc(Br)c(Cl)c1)N1CCS(=O)(=O)[C@@](F)(c2ncc(Cc3ccccc3-c3cccnn3)s2)C1. The fraction of sp³-hybridized carbons (Fsp3) is 0.200. The summed E-state index contributed by atoms with van der Waals surface area (Å²) in [6.07, 6.45) is 3.48. The first-order valence-corrected chi connectivity index (χ1v) is 14.8. The summed E-state index contributed by atoms with van der Waals surface area (Å²) in [5.41, 5.74) is 2.73. The molecule has 2 aromatic heterocycles. The molecule has 1 amide bonds. The Kier molecular flexibility index (Phi) is 7.14. The van der Waals surface area contributed by atoms with Crippen molar-refractivity contribution in [2.45, 2.75) is 11.4 Å². The number of hydrogen-bond donors (Lipinski definition) is 0. The van der Waals surface area contributed by atoms with Crippen LogP contribution in [0.25, 0.3) is 11.3 Å². The van der Waals surface area contributed by atoms with Crippen LogP contribution in [-0.2, 0) is 21.3 Å². The Labute approximate surface area is 230 Å². The molecule has 0 bridgehead atoms. The number of benzene rings is 2. The molecule has 0 radical (unpaired) electrons. The molecule has 7 nitrogen and oxygen atoms in total. The van der Waals surface area contributed by atoms with Gasteiger partial charge < -0.3 is 4.90 Å². The second-order valence-electron chi connectivity index (χ2n) is 8.48. The third-order valence-electron chi connectivity index (χ3n) is 6.07. The molecule has 0 unspecified atom stereocenters. The quantitative estimate of drug-likeness (QED) is 0.300. The molecule has 0 N–H and O–H groups in total. The molecular formula is C25H19BrClFN4O3S2. The van der Waals surface area contributed by atoms with E-state index in [1.807, 2.05) is 30.3 Å². The number of halogens is 3. The van der Waals surface area contributed by atoms with Crippen molar-refractivity contribution in [3.8, 4) is 11.3 Å². The second kappa shape index (κ2) is 10.2. The summed E-state index contributed by atoms with van der Waals surface area (Å²) in [6, 6.07) is 15.9. The van der Waals surface area contributed by atoms with Crippen LogP contribution in [-0.4, -0.2) is 53.2 Å². The summed E-state index contributed by atoms with van der Waals surface area (Å²) >= 11 is 10.4. The highest BCUT2D eigenvalue weighted by Gasteiger charge is 2.53. The zero-order valence-corrected chi connectivity index (χ0v) is 23.1. The van der Waals surface area contributed by atoms with Crippen molar-refractivity contribution < 1.29 is 17.6 Å². The van der Waals surface area contributed by atoms with Gasteiger partial charge in [0, 0.05) is 45.8 Å². The summed E-state index contributed by atoms with van der Waals surface area (Å²) < 4.78 is 42.8. The molecule has 3 heterocycles. The number of aromatic nitrogens is 3. The molecule has 1 saturated heterocycles. The van der Waals surface area contributed by atoms with E-state index in [4.69, 9.17) is 11.6 Å². The van der Waals surface area contributed by atoms with Gasteiger partial charge in [-0.25, -0.2) is 17.8 Å². The molecule has 1 aliphatic rings. The van der Waals surface area contributed by atoms with Gasteiger partial charge in [0.25, 0.3) is 10.9 Å². The van der Waals surface area contributed by atoms with E-state index in [2.05, 4.69) is 31.1 Å². The predicted octanol–water partition coefficient (Wildman–Crippen LogP) is 5.30. The minimum Gasteiger partial charge on any atom is -0.333 e. The normalized spacial score (nSPS) is 19.1. The molecule has 37 heavy (non-hydrogen) atoms. The number of nitrogens with zero attached hydrogens (tertiary/aromatic N) is 4. The molecule has 2 aromatic carbocycles. The molecule has 0 spiro atoms. The van der Waals surface area contributed by atoms with E-state index < -0.39 is 33.0 Å². The Morgan fingerprint density at radius 1 is 1.19 bits per heavy atom. The Morgan fingerprint density at radius 2 is 2.00 bits per heavy atom. The lowest BCUT2D eigenvalue weighted by molar-refractivity contribution is 0.0666. The van der Waals surface area contributed by atoms with E-state index >= 15 is 4.39 Å². The van der Waals surface area contributed by atoms with Crippen LogP contribution in [0.4, 0.5) is 4.39 Å². The number of sulfone groups is 1. The number of alkyl halides is 1. The average Bonchev–Trinajstić information content (AvgIpc) is 3.37. The van der Waals surface area contributed by atoms with E-state index in [1.165, 1.54) is 17.2 Å². The van der Waals surface area contributed by atoms with E-state index in [-0.39, 0.29) is 17.1 Å². The van der Waals surface area contributed by atoms with Crippen LogP contribution in [0.5, 0.6) is 0 Å². The fourth-order valence-electron chi connectivity index (χ4n) is 4.12. The number of thiazole rings is 1. The first-order valence-electron chi connectivity index (χ1n) is 11.1. The topological polar surface area (TPSA) is 93.1 Å². The van der Waals surface area contributed by atoms with Crippen molar-refractivity contribution >= 4 is 54.6 Å². The molecular weight excluding hydrogens is 603 g/mol. The van der Waals surface area contributed by atoms with Gasteiger partial charge in [-0.15, -0.1) is 11.3 Å². The average molecular weight is 622 g/mol. The summed E-state index contributed by atoms with van der Waals surface area (Å²) in [5, 5.41) is 5.43. The van der Waals surface area contributed by atoms with Crippen molar-refractivity contribution in [1.82, 2.24) is 20.1 Å². The van der Waals surface area contributed by atoms with Crippen molar-refractivity contribution in [3.63, 3.8) is 0 Å². The third-order valence-corrected chi connectivity index (χ3v) is 10.6. The molecule has 12 heteroatoms. The minimum atomic E-state index is -4.21. The third kappa shape index (κ3) is 5.05. The molecule has 190 valence electrons. The lowest BCUT2D eigenvalue weighted by atomic mass is 10.0. The van der Waals surface area contributed by atoms with Crippen molar-refractivity contribution in [3.05, 3.63) is 97.5 Å². The van der Waals surface area contributed by atoms with Crippen LogP contribution < -0.4 is 0 Å². The van der Waals surface area contributed by atoms with Crippen molar-refractivity contribution in [1.29, 1.82) is 0 Å². The maximum Gasteiger partial charge on any atom is 0.278 e. The van der Waals surface area contributed by atoms with Gasteiger partial charge in [-0.05, 0) is 51.8 Å². The van der Waals surface area contributed by atoms with Crippen LogP contribution in [0.1, 0.15) is 25.8 Å². The van der Waals surface area contributed by atoms with E-state index in [1.54, 1.807) is 24.4 Å². The van der Waals surface area contributed by atoms with Gasteiger partial charge in [0.05, 0.1) is 23.0 Å². The predicted molar refractivity (Wildman–Crippen MR) is 144 cm³/mol. The molecule has 1 fully saturated rings. The zero-order valence-electron chi connectivity index (χ0n) is 19.1. The summed E-state index contributed by atoms with van der Waals surface area (Å²) in [7, 11) is -4.21. The number of carbonyl (C=O) groups excluding carboxylic acids is 1. The largest absolute Gasteiger partial charge is 0.333 e. The van der Waals surface area contributed by atoms with E-state index in [0.717, 1.165) is 22.5 Å². The summed E-state index contributed by atoms with van der Waals surface area (Å²) in [5.74, 6) is -1.01. The smallest absolute Gasteiger partial charge is 0.278 e. The molecule has 0 aliphatic carbocycles. The molecule has 0 saturated carbocycles. The standard InChI is InChI=1S/C25H19BrClFN4O3S2/c26-20-8-7-17(13-21(20)27)23(33)32-10-11-37(34,35)25(28,15-32)24-29-14-18(36-24)12-16-4-1-2-5-19(16)22-6-3-9-30-31-22/h1-9,13-14H,10-12,15H2/t25-/m1/s1. The van der Waals surface area contributed by atoms with Gasteiger partial charge in [-0.1, -0.05) is 35.9 Å². The Morgan fingerprint density at radius 3 is 2.76 bits per heavy atom. The molecule has 5 rings (SSSR count). The Balaban J connectivity index is 1.42. The molecule has 1 atom stereocenters. The van der Waals surface area contributed by atoms with Crippen molar-refractivity contribution in [2.75, 3.05) is 18.8 Å². The van der Waals surface area contributed by atoms with Gasteiger partial charge >= 0.3 is 0 Å². The monoisotopic (exact) mass is 620 g/mol.